The number of hydrogen-bond acceptors (Lipinski definition) is 2. The van der Waals surface area contributed by atoms with Gasteiger partial charge in [0, 0.05) is 11.7 Å². The molecule has 0 saturated carbocycles. The minimum Gasteiger partial charge on any atom is -0.325 e. The van der Waals surface area contributed by atoms with Crippen LogP contribution in [0.1, 0.15) is 19.4 Å². The molecule has 1 rings (SSSR count). The minimum absolute atomic E-state index is 0.309. The lowest BCUT2D eigenvalue weighted by Gasteiger charge is -2.17. The maximum absolute atomic E-state index is 12.6. The molecule has 0 saturated heterocycles. The van der Waals surface area contributed by atoms with Crippen LogP contribution in [0, 0.1) is 5.82 Å². The van der Waals surface area contributed by atoms with E-state index in [0.29, 0.717) is 6.42 Å². The Kier molecular flexibility index (Phi) is 2.43. The maximum Gasteiger partial charge on any atom is 0.141 e. The van der Waals surface area contributed by atoms with E-state index in [2.05, 4.69) is 4.98 Å². The molecule has 0 aliphatic heterocycles. The van der Waals surface area contributed by atoms with Gasteiger partial charge < -0.3 is 5.73 Å². The number of rotatable bonds is 2. The molecule has 0 unspecified atom stereocenters. The van der Waals surface area contributed by atoms with E-state index in [9.17, 15) is 4.39 Å². The van der Waals surface area contributed by atoms with E-state index in [-0.39, 0.29) is 11.4 Å². The molecule has 0 aliphatic rings. The molecule has 0 amide bonds. The van der Waals surface area contributed by atoms with Crippen molar-refractivity contribution in [1.29, 1.82) is 0 Å². The highest BCUT2D eigenvalue weighted by Gasteiger charge is 2.11. The third kappa shape index (κ3) is 2.96. The minimum atomic E-state index is -0.310. The number of nitrogens with zero attached hydrogens (tertiary/aromatic N) is 1. The quantitative estimate of drug-likeness (QED) is 0.726. The van der Waals surface area contributed by atoms with Crippen molar-refractivity contribution in [2.45, 2.75) is 25.8 Å². The molecule has 12 heavy (non-hydrogen) atoms. The van der Waals surface area contributed by atoms with Crippen molar-refractivity contribution in [2.75, 3.05) is 0 Å². The van der Waals surface area contributed by atoms with Gasteiger partial charge in [0.05, 0.1) is 6.20 Å². The largest absolute Gasteiger partial charge is 0.325 e. The van der Waals surface area contributed by atoms with Crippen LogP contribution >= 0.6 is 0 Å². The maximum atomic E-state index is 12.6. The van der Waals surface area contributed by atoms with Crippen molar-refractivity contribution in [3.8, 4) is 0 Å². The Bertz CT molecular complexity index is 265. The standard InChI is InChI=1S/C9H13FN2/c1-9(2,11)4-7-3-8(10)6-12-5-7/h3,5-6H,4,11H2,1-2H3. The number of hydrogen-bond donors (Lipinski definition) is 1. The Balaban J connectivity index is 2.77. The van der Waals surface area contributed by atoms with Gasteiger partial charge in [-0.3, -0.25) is 4.98 Å². The molecule has 0 atom stereocenters. The Labute approximate surface area is 71.6 Å². The van der Waals surface area contributed by atoms with Crippen molar-refractivity contribution >= 4 is 0 Å². The van der Waals surface area contributed by atoms with Gasteiger partial charge in [0.1, 0.15) is 5.82 Å². The first kappa shape index (κ1) is 9.13. The van der Waals surface area contributed by atoms with Gasteiger partial charge in [0.25, 0.3) is 0 Å². The summed E-state index contributed by atoms with van der Waals surface area (Å²) < 4.78 is 12.6. The van der Waals surface area contributed by atoms with Crippen LogP contribution in [0.25, 0.3) is 0 Å². The predicted octanol–water partition coefficient (Wildman–Crippen LogP) is 1.50. The molecule has 1 heterocycles. The van der Waals surface area contributed by atoms with Gasteiger partial charge in [-0.05, 0) is 31.9 Å². The van der Waals surface area contributed by atoms with Gasteiger partial charge in [0.15, 0.2) is 0 Å². The predicted molar refractivity (Wildman–Crippen MR) is 46.2 cm³/mol. The summed E-state index contributed by atoms with van der Waals surface area (Å²) >= 11 is 0. The molecular formula is C9H13FN2. The third-order valence-corrected chi connectivity index (χ3v) is 1.42. The molecule has 1 aromatic rings. The Hall–Kier alpha value is -0.960. The fraction of sp³-hybridized carbons (Fsp3) is 0.444. The third-order valence-electron chi connectivity index (χ3n) is 1.42. The van der Waals surface area contributed by atoms with Crippen LogP contribution in [-0.4, -0.2) is 10.5 Å². The first-order chi connectivity index (χ1) is 5.47. The highest BCUT2D eigenvalue weighted by molar-refractivity contribution is 5.12. The number of halogens is 1. The number of aromatic nitrogens is 1. The van der Waals surface area contributed by atoms with Gasteiger partial charge >= 0.3 is 0 Å². The second kappa shape index (κ2) is 3.19. The van der Waals surface area contributed by atoms with Crippen molar-refractivity contribution < 1.29 is 4.39 Å². The Morgan fingerprint density at radius 3 is 2.67 bits per heavy atom. The number of nitrogens with two attached hydrogens (primary N) is 1. The molecule has 0 aliphatic carbocycles. The average Bonchev–Trinajstić information content (AvgIpc) is 1.82. The van der Waals surface area contributed by atoms with Gasteiger partial charge in [0.2, 0.25) is 0 Å². The zero-order chi connectivity index (χ0) is 9.19. The SMILES string of the molecule is CC(C)(N)Cc1cncc(F)c1. The van der Waals surface area contributed by atoms with Crippen LogP contribution in [-0.2, 0) is 6.42 Å². The van der Waals surface area contributed by atoms with Gasteiger partial charge in [-0.25, -0.2) is 4.39 Å². The van der Waals surface area contributed by atoms with Crippen molar-refractivity contribution in [1.82, 2.24) is 4.98 Å². The summed E-state index contributed by atoms with van der Waals surface area (Å²) in [5.74, 6) is -0.309. The van der Waals surface area contributed by atoms with Crippen molar-refractivity contribution in [2.24, 2.45) is 5.73 Å². The summed E-state index contributed by atoms with van der Waals surface area (Å²) in [5, 5.41) is 0. The van der Waals surface area contributed by atoms with E-state index < -0.39 is 0 Å². The van der Waals surface area contributed by atoms with Gasteiger partial charge in [-0.2, -0.15) is 0 Å². The van der Waals surface area contributed by atoms with Crippen LogP contribution in [0.2, 0.25) is 0 Å². The van der Waals surface area contributed by atoms with E-state index in [0.717, 1.165) is 5.56 Å². The normalized spacial score (nSPS) is 11.7. The molecule has 0 radical (unpaired) electrons. The van der Waals surface area contributed by atoms with Gasteiger partial charge in [-0.1, -0.05) is 0 Å². The molecule has 0 fully saturated rings. The molecule has 1 aromatic heterocycles. The summed E-state index contributed by atoms with van der Waals surface area (Å²) in [6.45, 7) is 3.80. The van der Waals surface area contributed by atoms with E-state index in [1.54, 1.807) is 6.20 Å². The van der Waals surface area contributed by atoms with Crippen LogP contribution in [0.3, 0.4) is 0 Å². The summed E-state index contributed by atoms with van der Waals surface area (Å²) in [4.78, 5) is 3.74. The number of pyridine rings is 1. The first-order valence-electron chi connectivity index (χ1n) is 3.86. The Morgan fingerprint density at radius 1 is 1.50 bits per heavy atom. The smallest absolute Gasteiger partial charge is 0.141 e. The summed E-state index contributed by atoms with van der Waals surface area (Å²) in [6.07, 6.45) is 3.46. The highest BCUT2D eigenvalue weighted by atomic mass is 19.1. The van der Waals surface area contributed by atoms with Crippen LogP contribution in [0.15, 0.2) is 18.5 Å². The van der Waals surface area contributed by atoms with Crippen LogP contribution in [0.4, 0.5) is 4.39 Å². The lowest BCUT2D eigenvalue weighted by molar-refractivity contribution is 0.513. The fourth-order valence-corrected chi connectivity index (χ4v) is 1.08. The molecule has 0 bridgehead atoms. The highest BCUT2D eigenvalue weighted by Crippen LogP contribution is 2.09. The second-order valence-corrected chi connectivity index (χ2v) is 3.68. The fourth-order valence-electron chi connectivity index (χ4n) is 1.08. The van der Waals surface area contributed by atoms with E-state index in [1.165, 1.54) is 12.3 Å². The summed E-state index contributed by atoms with van der Waals surface area (Å²) in [5.41, 5.74) is 6.29. The van der Waals surface area contributed by atoms with Crippen LogP contribution < -0.4 is 5.73 Å². The zero-order valence-corrected chi connectivity index (χ0v) is 7.34. The lowest BCUT2D eigenvalue weighted by atomic mass is 9.97. The molecule has 2 N–H and O–H groups in total. The molecule has 0 aromatic carbocycles. The second-order valence-electron chi connectivity index (χ2n) is 3.68. The molecule has 3 heteroatoms. The van der Waals surface area contributed by atoms with E-state index >= 15 is 0 Å². The topological polar surface area (TPSA) is 38.9 Å². The van der Waals surface area contributed by atoms with Gasteiger partial charge in [-0.15, -0.1) is 0 Å². The molecule has 2 nitrogen and oxygen atoms in total. The molecule has 0 spiro atoms. The summed E-state index contributed by atoms with van der Waals surface area (Å²) in [6, 6.07) is 1.46. The van der Waals surface area contributed by atoms with Crippen LogP contribution in [0.5, 0.6) is 0 Å². The monoisotopic (exact) mass is 168 g/mol. The Morgan fingerprint density at radius 2 is 2.17 bits per heavy atom. The van der Waals surface area contributed by atoms with Crippen molar-refractivity contribution in [3.63, 3.8) is 0 Å². The van der Waals surface area contributed by atoms with Crippen molar-refractivity contribution in [3.05, 3.63) is 29.8 Å². The first-order valence-corrected chi connectivity index (χ1v) is 3.86. The lowest BCUT2D eigenvalue weighted by Crippen LogP contribution is -2.34. The van der Waals surface area contributed by atoms with E-state index in [1.807, 2.05) is 13.8 Å². The van der Waals surface area contributed by atoms with E-state index in [4.69, 9.17) is 5.73 Å². The molecule has 66 valence electrons. The average molecular weight is 168 g/mol. The zero-order valence-electron chi connectivity index (χ0n) is 7.34. The summed E-state index contributed by atoms with van der Waals surface area (Å²) in [7, 11) is 0. The molecular weight excluding hydrogens is 155 g/mol.